The molecule has 2 rings (SSSR count). The third kappa shape index (κ3) is 3.67. The summed E-state index contributed by atoms with van der Waals surface area (Å²) in [6.45, 7) is 2.02. The van der Waals surface area contributed by atoms with E-state index in [-0.39, 0.29) is 11.8 Å². The second-order valence-corrected chi connectivity index (χ2v) is 6.74. The van der Waals surface area contributed by atoms with Crippen LogP contribution in [0.15, 0.2) is 24.3 Å². The molecule has 0 bridgehead atoms. The number of carbonyl (C=O) groups is 1. The number of hydrogen-bond donors (Lipinski definition) is 1. The zero-order valence-electron chi connectivity index (χ0n) is 10.5. The molecule has 1 unspecified atom stereocenters. The van der Waals surface area contributed by atoms with E-state index in [1.807, 2.05) is 31.2 Å². The molecule has 1 aromatic rings. The molecule has 0 saturated heterocycles. The van der Waals surface area contributed by atoms with Gasteiger partial charge in [0.1, 0.15) is 0 Å². The first-order chi connectivity index (χ1) is 8.49. The molecule has 1 saturated carbocycles. The Morgan fingerprint density at radius 1 is 1.33 bits per heavy atom. The van der Waals surface area contributed by atoms with E-state index >= 15 is 0 Å². The first kappa shape index (κ1) is 13.3. The van der Waals surface area contributed by atoms with E-state index in [2.05, 4.69) is 0 Å². The summed E-state index contributed by atoms with van der Waals surface area (Å²) in [5.41, 5.74) is 2.07. The Balaban J connectivity index is 1.89. The number of benzene rings is 1. The SMILES string of the molecule is Cc1ccc(CS(=O)CC2(CC(=O)O)CC2)cc1. The molecule has 0 aliphatic heterocycles. The third-order valence-corrected chi connectivity index (χ3v) is 4.99. The van der Waals surface area contributed by atoms with Crippen LogP contribution in [0, 0.1) is 12.3 Å². The molecule has 1 N–H and O–H groups in total. The van der Waals surface area contributed by atoms with Gasteiger partial charge in [-0.25, -0.2) is 0 Å². The summed E-state index contributed by atoms with van der Waals surface area (Å²) >= 11 is 0. The van der Waals surface area contributed by atoms with Crippen molar-refractivity contribution in [2.75, 3.05) is 5.75 Å². The normalized spacial score (nSPS) is 18.3. The maximum atomic E-state index is 12.1. The fraction of sp³-hybridized carbons (Fsp3) is 0.500. The standard InChI is InChI=1S/C14H18O3S/c1-11-2-4-12(5-3-11)9-18(17)10-14(6-7-14)8-13(15)16/h2-5H,6-10H2,1H3,(H,15,16). The van der Waals surface area contributed by atoms with Gasteiger partial charge in [-0.15, -0.1) is 0 Å². The van der Waals surface area contributed by atoms with Crippen molar-refractivity contribution in [2.45, 2.75) is 31.9 Å². The van der Waals surface area contributed by atoms with E-state index < -0.39 is 16.8 Å². The summed E-state index contributed by atoms with van der Waals surface area (Å²) in [7, 11) is -0.964. The van der Waals surface area contributed by atoms with E-state index in [0.29, 0.717) is 11.5 Å². The average Bonchev–Trinajstić information content (AvgIpc) is 3.00. The summed E-state index contributed by atoms with van der Waals surface area (Å²) in [4.78, 5) is 10.7. The molecule has 4 heteroatoms. The number of hydrogen-bond acceptors (Lipinski definition) is 2. The topological polar surface area (TPSA) is 54.4 Å². The fourth-order valence-electron chi connectivity index (χ4n) is 2.13. The molecule has 0 aromatic heterocycles. The molecule has 1 aliphatic carbocycles. The Morgan fingerprint density at radius 2 is 1.94 bits per heavy atom. The smallest absolute Gasteiger partial charge is 0.303 e. The first-order valence-electron chi connectivity index (χ1n) is 6.11. The van der Waals surface area contributed by atoms with Crippen LogP contribution >= 0.6 is 0 Å². The highest BCUT2D eigenvalue weighted by atomic mass is 32.2. The largest absolute Gasteiger partial charge is 0.481 e. The molecular weight excluding hydrogens is 248 g/mol. The van der Waals surface area contributed by atoms with Gasteiger partial charge in [-0.05, 0) is 30.7 Å². The Bertz CT molecular complexity index is 460. The van der Waals surface area contributed by atoms with Crippen molar-refractivity contribution in [1.29, 1.82) is 0 Å². The van der Waals surface area contributed by atoms with Gasteiger partial charge >= 0.3 is 5.97 Å². The zero-order chi connectivity index (χ0) is 13.2. The lowest BCUT2D eigenvalue weighted by molar-refractivity contribution is -0.138. The van der Waals surface area contributed by atoms with E-state index in [9.17, 15) is 9.00 Å². The van der Waals surface area contributed by atoms with Gasteiger partial charge in [0.2, 0.25) is 0 Å². The van der Waals surface area contributed by atoms with Crippen LogP contribution in [0.4, 0.5) is 0 Å². The van der Waals surface area contributed by atoms with Gasteiger partial charge in [-0.1, -0.05) is 29.8 Å². The summed E-state index contributed by atoms with van der Waals surface area (Å²) in [6.07, 6.45) is 1.96. The summed E-state index contributed by atoms with van der Waals surface area (Å²) in [5, 5.41) is 8.82. The number of aliphatic carboxylic acids is 1. The van der Waals surface area contributed by atoms with Crippen LogP contribution in [0.2, 0.25) is 0 Å². The maximum Gasteiger partial charge on any atom is 0.303 e. The van der Waals surface area contributed by atoms with Crippen molar-refractivity contribution in [3.05, 3.63) is 35.4 Å². The molecule has 1 atom stereocenters. The third-order valence-electron chi connectivity index (χ3n) is 3.40. The minimum atomic E-state index is -0.964. The van der Waals surface area contributed by atoms with Crippen molar-refractivity contribution in [3.8, 4) is 0 Å². The lowest BCUT2D eigenvalue weighted by atomic mass is 10.1. The Labute approximate surface area is 110 Å². The maximum absolute atomic E-state index is 12.1. The van der Waals surface area contributed by atoms with Crippen molar-refractivity contribution in [2.24, 2.45) is 5.41 Å². The van der Waals surface area contributed by atoms with Gasteiger partial charge in [0, 0.05) is 22.3 Å². The van der Waals surface area contributed by atoms with E-state index in [0.717, 1.165) is 18.4 Å². The molecule has 0 heterocycles. The molecule has 98 valence electrons. The van der Waals surface area contributed by atoms with Crippen LogP contribution < -0.4 is 0 Å². The predicted octanol–water partition coefficient (Wildman–Crippen LogP) is 2.50. The lowest BCUT2D eigenvalue weighted by Crippen LogP contribution is -2.17. The molecule has 0 radical (unpaired) electrons. The van der Waals surface area contributed by atoms with Crippen LogP contribution in [-0.4, -0.2) is 21.0 Å². The summed E-state index contributed by atoms with van der Waals surface area (Å²) in [6, 6.07) is 8.00. The van der Waals surface area contributed by atoms with Gasteiger partial charge < -0.3 is 5.11 Å². The van der Waals surface area contributed by atoms with E-state index in [1.165, 1.54) is 5.56 Å². The quantitative estimate of drug-likeness (QED) is 0.860. The fourth-order valence-corrected chi connectivity index (χ4v) is 3.87. The molecule has 0 amide bonds. The molecule has 1 fully saturated rings. The van der Waals surface area contributed by atoms with Crippen LogP contribution in [0.3, 0.4) is 0 Å². The Hall–Kier alpha value is -1.16. The lowest BCUT2D eigenvalue weighted by Gasteiger charge is -2.11. The minimum absolute atomic E-state index is 0.159. The van der Waals surface area contributed by atoms with Crippen LogP contribution in [-0.2, 0) is 21.3 Å². The van der Waals surface area contributed by atoms with Crippen molar-refractivity contribution in [3.63, 3.8) is 0 Å². The minimum Gasteiger partial charge on any atom is -0.481 e. The number of aryl methyl sites for hydroxylation is 1. The molecule has 18 heavy (non-hydrogen) atoms. The van der Waals surface area contributed by atoms with Gasteiger partial charge in [-0.3, -0.25) is 9.00 Å². The number of carboxylic acid groups (broad SMARTS) is 1. The molecule has 1 aliphatic rings. The van der Waals surface area contributed by atoms with Crippen molar-refractivity contribution >= 4 is 16.8 Å². The molecule has 1 aromatic carbocycles. The monoisotopic (exact) mass is 266 g/mol. The average molecular weight is 266 g/mol. The van der Waals surface area contributed by atoms with Crippen LogP contribution in [0.5, 0.6) is 0 Å². The highest BCUT2D eigenvalue weighted by Gasteiger charge is 2.45. The van der Waals surface area contributed by atoms with Gasteiger partial charge in [0.15, 0.2) is 0 Å². The highest BCUT2D eigenvalue weighted by Crippen LogP contribution is 2.49. The van der Waals surface area contributed by atoms with Crippen LogP contribution in [0.25, 0.3) is 0 Å². The highest BCUT2D eigenvalue weighted by molar-refractivity contribution is 7.84. The van der Waals surface area contributed by atoms with E-state index in [4.69, 9.17) is 5.11 Å². The van der Waals surface area contributed by atoms with Crippen molar-refractivity contribution in [1.82, 2.24) is 0 Å². The number of rotatable bonds is 6. The van der Waals surface area contributed by atoms with E-state index in [1.54, 1.807) is 0 Å². The Kier molecular flexibility index (Phi) is 3.85. The van der Waals surface area contributed by atoms with Gasteiger partial charge in [0.25, 0.3) is 0 Å². The predicted molar refractivity (Wildman–Crippen MR) is 71.8 cm³/mol. The molecule has 3 nitrogen and oxygen atoms in total. The number of carboxylic acids is 1. The van der Waals surface area contributed by atoms with Crippen LogP contribution in [0.1, 0.15) is 30.4 Å². The van der Waals surface area contributed by atoms with Gasteiger partial charge in [-0.2, -0.15) is 0 Å². The Morgan fingerprint density at radius 3 is 2.44 bits per heavy atom. The summed E-state index contributed by atoms with van der Waals surface area (Å²) < 4.78 is 12.1. The zero-order valence-corrected chi connectivity index (χ0v) is 11.3. The first-order valence-corrected chi connectivity index (χ1v) is 7.60. The molecular formula is C14H18O3S. The second kappa shape index (κ2) is 5.22. The van der Waals surface area contributed by atoms with Gasteiger partial charge in [0.05, 0.1) is 6.42 Å². The molecule has 0 spiro atoms. The second-order valence-electron chi connectivity index (χ2n) is 5.28. The summed E-state index contributed by atoms with van der Waals surface area (Å²) in [5.74, 6) is 0.272. The van der Waals surface area contributed by atoms with Crippen molar-refractivity contribution < 1.29 is 14.1 Å².